The molecule has 0 radical (unpaired) electrons. The number of carbonyl (C=O) groups excluding carboxylic acids is 2. The van der Waals surface area contributed by atoms with Crippen LogP contribution < -0.4 is 5.32 Å². The number of rotatable bonds is 13. The molecular formula is C29H33FN2O3. The van der Waals surface area contributed by atoms with E-state index in [1.807, 2.05) is 60.7 Å². The Balaban J connectivity index is 1.85. The standard InChI is InChI=1S/C29H33FN2O3/c1-35-20-8-19-31-29(34)27(21-24-11-6-3-7-12-24)32(22-25-13-16-26(30)17-14-25)28(33)18-15-23-9-4-2-5-10-23/h2-7,9-14,16-17,27H,8,15,18-22H2,1H3,(H,31,34)/t27-/m1/s1. The third kappa shape index (κ3) is 8.65. The lowest BCUT2D eigenvalue weighted by Crippen LogP contribution is -2.50. The first-order chi connectivity index (χ1) is 17.1. The molecule has 2 amide bonds. The van der Waals surface area contributed by atoms with Crippen molar-refractivity contribution in [2.45, 2.75) is 38.3 Å². The topological polar surface area (TPSA) is 58.6 Å². The largest absolute Gasteiger partial charge is 0.385 e. The van der Waals surface area contributed by atoms with Crippen molar-refractivity contribution in [3.05, 3.63) is 107 Å². The Morgan fingerprint density at radius 2 is 1.51 bits per heavy atom. The zero-order valence-corrected chi connectivity index (χ0v) is 20.2. The molecule has 0 aliphatic heterocycles. The summed E-state index contributed by atoms with van der Waals surface area (Å²) in [5.74, 6) is -0.668. The Morgan fingerprint density at radius 3 is 2.14 bits per heavy atom. The number of hydrogen-bond donors (Lipinski definition) is 1. The predicted octanol–water partition coefficient (Wildman–Crippen LogP) is 4.55. The molecule has 0 saturated heterocycles. The van der Waals surface area contributed by atoms with Crippen LogP contribution in [0.2, 0.25) is 0 Å². The molecule has 1 N–H and O–H groups in total. The number of methoxy groups -OCH3 is 1. The van der Waals surface area contributed by atoms with E-state index in [4.69, 9.17) is 4.74 Å². The molecule has 0 spiro atoms. The molecule has 35 heavy (non-hydrogen) atoms. The van der Waals surface area contributed by atoms with Crippen molar-refractivity contribution in [1.29, 1.82) is 0 Å². The Kier molecular flexibility index (Phi) is 10.5. The highest BCUT2D eigenvalue weighted by molar-refractivity contribution is 5.88. The van der Waals surface area contributed by atoms with Crippen LogP contribution in [0.1, 0.15) is 29.5 Å². The van der Waals surface area contributed by atoms with Gasteiger partial charge in [0.1, 0.15) is 11.9 Å². The highest BCUT2D eigenvalue weighted by Gasteiger charge is 2.30. The van der Waals surface area contributed by atoms with Gasteiger partial charge in [0.05, 0.1) is 0 Å². The maximum Gasteiger partial charge on any atom is 0.243 e. The van der Waals surface area contributed by atoms with Gasteiger partial charge in [0.25, 0.3) is 0 Å². The molecule has 5 nitrogen and oxygen atoms in total. The van der Waals surface area contributed by atoms with Gasteiger partial charge in [-0.15, -0.1) is 0 Å². The van der Waals surface area contributed by atoms with Crippen molar-refractivity contribution in [3.63, 3.8) is 0 Å². The summed E-state index contributed by atoms with van der Waals surface area (Å²) in [6, 6.07) is 24.8. The van der Waals surface area contributed by atoms with Crippen LogP contribution in [0.5, 0.6) is 0 Å². The first-order valence-electron chi connectivity index (χ1n) is 11.9. The summed E-state index contributed by atoms with van der Waals surface area (Å²) < 4.78 is 18.6. The van der Waals surface area contributed by atoms with Crippen LogP contribution in [0.15, 0.2) is 84.9 Å². The fraction of sp³-hybridized carbons (Fsp3) is 0.310. The summed E-state index contributed by atoms with van der Waals surface area (Å²) in [5.41, 5.74) is 2.79. The van der Waals surface area contributed by atoms with Gasteiger partial charge in [0.15, 0.2) is 0 Å². The Hall–Kier alpha value is -3.51. The number of ether oxygens (including phenoxy) is 1. The minimum Gasteiger partial charge on any atom is -0.385 e. The van der Waals surface area contributed by atoms with Gasteiger partial charge in [0.2, 0.25) is 11.8 Å². The molecule has 3 rings (SSSR count). The van der Waals surface area contributed by atoms with E-state index in [1.165, 1.54) is 12.1 Å². The second-order valence-corrected chi connectivity index (χ2v) is 8.48. The van der Waals surface area contributed by atoms with Crippen molar-refractivity contribution in [1.82, 2.24) is 10.2 Å². The second-order valence-electron chi connectivity index (χ2n) is 8.48. The number of benzene rings is 3. The molecular weight excluding hydrogens is 443 g/mol. The van der Waals surface area contributed by atoms with Crippen LogP contribution in [0.4, 0.5) is 4.39 Å². The van der Waals surface area contributed by atoms with Gasteiger partial charge >= 0.3 is 0 Å². The summed E-state index contributed by atoms with van der Waals surface area (Å²) in [6.07, 6.45) is 1.91. The van der Waals surface area contributed by atoms with E-state index in [1.54, 1.807) is 24.1 Å². The van der Waals surface area contributed by atoms with Crippen LogP contribution in [0.3, 0.4) is 0 Å². The van der Waals surface area contributed by atoms with Crippen molar-refractivity contribution in [2.75, 3.05) is 20.3 Å². The molecule has 0 saturated carbocycles. The van der Waals surface area contributed by atoms with Gasteiger partial charge in [-0.2, -0.15) is 0 Å². The summed E-state index contributed by atoms with van der Waals surface area (Å²) in [4.78, 5) is 28.6. The second kappa shape index (κ2) is 14.0. The molecule has 6 heteroatoms. The van der Waals surface area contributed by atoms with Crippen molar-refractivity contribution < 1.29 is 18.7 Å². The third-order valence-corrected chi connectivity index (χ3v) is 5.83. The average molecular weight is 477 g/mol. The third-order valence-electron chi connectivity index (χ3n) is 5.83. The molecule has 0 aromatic heterocycles. The normalized spacial score (nSPS) is 11.6. The van der Waals surface area contributed by atoms with Crippen molar-refractivity contribution in [2.24, 2.45) is 0 Å². The maximum atomic E-state index is 13.6. The Morgan fingerprint density at radius 1 is 0.886 bits per heavy atom. The molecule has 0 bridgehead atoms. The van der Waals surface area contributed by atoms with E-state index in [9.17, 15) is 14.0 Å². The van der Waals surface area contributed by atoms with E-state index < -0.39 is 6.04 Å². The molecule has 0 fully saturated rings. The van der Waals surface area contributed by atoms with E-state index in [0.29, 0.717) is 32.4 Å². The zero-order chi connectivity index (χ0) is 24.9. The van der Waals surface area contributed by atoms with Gasteiger partial charge in [-0.1, -0.05) is 72.8 Å². The number of amides is 2. The van der Waals surface area contributed by atoms with Gasteiger partial charge in [-0.25, -0.2) is 4.39 Å². The van der Waals surface area contributed by atoms with Crippen LogP contribution in [0, 0.1) is 5.82 Å². The van der Waals surface area contributed by atoms with Crippen LogP contribution in [-0.4, -0.2) is 43.0 Å². The number of nitrogens with zero attached hydrogens (tertiary/aromatic N) is 1. The van der Waals surface area contributed by atoms with Gasteiger partial charge in [-0.3, -0.25) is 9.59 Å². The molecule has 0 heterocycles. The molecule has 1 atom stereocenters. The van der Waals surface area contributed by atoms with E-state index >= 15 is 0 Å². The number of halogens is 1. The van der Waals surface area contributed by atoms with E-state index in [-0.39, 0.29) is 30.6 Å². The number of carbonyl (C=O) groups is 2. The molecule has 0 unspecified atom stereocenters. The van der Waals surface area contributed by atoms with E-state index in [0.717, 1.165) is 16.7 Å². The zero-order valence-electron chi connectivity index (χ0n) is 20.2. The number of nitrogens with one attached hydrogen (secondary N) is 1. The van der Waals surface area contributed by atoms with Crippen LogP contribution in [0.25, 0.3) is 0 Å². The van der Waals surface area contributed by atoms with Crippen molar-refractivity contribution in [3.8, 4) is 0 Å². The molecule has 0 aliphatic carbocycles. The van der Waals surface area contributed by atoms with Gasteiger partial charge in [0, 0.05) is 39.6 Å². The average Bonchev–Trinajstić information content (AvgIpc) is 2.89. The lowest BCUT2D eigenvalue weighted by Gasteiger charge is -2.31. The number of hydrogen-bond acceptors (Lipinski definition) is 3. The fourth-order valence-corrected chi connectivity index (χ4v) is 3.93. The number of aryl methyl sites for hydroxylation is 1. The first-order valence-corrected chi connectivity index (χ1v) is 11.9. The monoisotopic (exact) mass is 476 g/mol. The smallest absolute Gasteiger partial charge is 0.243 e. The summed E-state index contributed by atoms with van der Waals surface area (Å²) >= 11 is 0. The van der Waals surface area contributed by atoms with Crippen LogP contribution in [-0.2, 0) is 33.7 Å². The molecule has 3 aromatic rings. The minimum absolute atomic E-state index is 0.119. The fourth-order valence-electron chi connectivity index (χ4n) is 3.93. The quantitative estimate of drug-likeness (QED) is 0.368. The summed E-state index contributed by atoms with van der Waals surface area (Å²) in [7, 11) is 1.62. The highest BCUT2D eigenvalue weighted by Crippen LogP contribution is 2.17. The molecule has 184 valence electrons. The Labute approximate surface area is 206 Å². The summed E-state index contributed by atoms with van der Waals surface area (Å²) in [6.45, 7) is 1.22. The first kappa shape index (κ1) is 26.1. The SMILES string of the molecule is COCCCNC(=O)[C@@H](Cc1ccccc1)N(Cc1ccc(F)cc1)C(=O)CCc1ccccc1. The predicted molar refractivity (Wildman–Crippen MR) is 135 cm³/mol. The van der Waals surface area contributed by atoms with Crippen LogP contribution >= 0.6 is 0 Å². The molecule has 0 aliphatic rings. The lowest BCUT2D eigenvalue weighted by molar-refractivity contribution is -0.141. The minimum atomic E-state index is -0.701. The van der Waals surface area contributed by atoms with Crippen molar-refractivity contribution >= 4 is 11.8 Å². The molecule has 3 aromatic carbocycles. The van der Waals surface area contributed by atoms with Gasteiger partial charge in [-0.05, 0) is 41.7 Å². The van der Waals surface area contributed by atoms with E-state index in [2.05, 4.69) is 5.32 Å². The maximum absolute atomic E-state index is 13.6. The Bertz CT molecular complexity index is 1040. The lowest BCUT2D eigenvalue weighted by atomic mass is 10.0. The highest BCUT2D eigenvalue weighted by atomic mass is 19.1. The summed E-state index contributed by atoms with van der Waals surface area (Å²) in [5, 5.41) is 2.97. The van der Waals surface area contributed by atoms with Gasteiger partial charge < -0.3 is 15.0 Å².